The summed E-state index contributed by atoms with van der Waals surface area (Å²) in [5, 5.41) is 15.5. The maximum Gasteiger partial charge on any atom is 0.152 e. The second-order valence-corrected chi connectivity index (χ2v) is 2.78. The number of fused-ring (bicyclic) bond motifs is 1. The van der Waals surface area contributed by atoms with Crippen molar-refractivity contribution >= 4 is 10.9 Å². The number of nitrogens with one attached hydrogen (secondary N) is 1. The van der Waals surface area contributed by atoms with Crippen LogP contribution in [0.15, 0.2) is 12.1 Å². The number of hydrogen-bond acceptors (Lipinski definition) is 2. The number of aryl methyl sites for hydroxylation is 1. The Kier molecular flexibility index (Phi) is 1.52. The molecule has 13 heavy (non-hydrogen) atoms. The van der Waals surface area contributed by atoms with E-state index in [1.54, 1.807) is 19.1 Å². The molecule has 0 bridgehead atoms. The number of hydrogen-bond donors (Lipinski definition) is 1. The molecule has 0 amide bonds. The van der Waals surface area contributed by atoms with Gasteiger partial charge in [0.05, 0.1) is 16.5 Å². The molecule has 1 N–H and O–H groups in total. The number of H-pyrrole nitrogens is 1. The predicted octanol–water partition coefficient (Wildman–Crippen LogP) is 1.88. The van der Waals surface area contributed by atoms with Crippen molar-refractivity contribution in [2.45, 2.75) is 6.92 Å². The van der Waals surface area contributed by atoms with E-state index in [1.165, 1.54) is 6.07 Å². The molecule has 0 aliphatic rings. The van der Waals surface area contributed by atoms with Crippen molar-refractivity contribution in [2.24, 2.45) is 0 Å². The first-order valence-corrected chi connectivity index (χ1v) is 3.77. The Labute approximate surface area is 73.8 Å². The molecule has 4 heteroatoms. The molecule has 0 unspecified atom stereocenters. The van der Waals surface area contributed by atoms with E-state index in [4.69, 9.17) is 5.26 Å². The zero-order valence-electron chi connectivity index (χ0n) is 6.93. The predicted molar refractivity (Wildman–Crippen MR) is 45.5 cm³/mol. The van der Waals surface area contributed by atoms with Crippen molar-refractivity contribution in [1.82, 2.24) is 10.2 Å². The van der Waals surface area contributed by atoms with Gasteiger partial charge in [-0.05, 0) is 19.1 Å². The SMILES string of the molecule is Cc1[nH]nc2ccc(C#N)c(F)c12. The van der Waals surface area contributed by atoms with E-state index in [0.29, 0.717) is 16.6 Å². The van der Waals surface area contributed by atoms with Gasteiger partial charge in [0, 0.05) is 5.69 Å². The normalized spacial score (nSPS) is 10.2. The van der Waals surface area contributed by atoms with E-state index >= 15 is 0 Å². The molecule has 0 aliphatic heterocycles. The average molecular weight is 175 g/mol. The molecule has 0 spiro atoms. The van der Waals surface area contributed by atoms with Crippen molar-refractivity contribution < 1.29 is 4.39 Å². The summed E-state index contributed by atoms with van der Waals surface area (Å²) in [6.07, 6.45) is 0. The molecule has 0 fully saturated rings. The van der Waals surface area contributed by atoms with Gasteiger partial charge in [-0.3, -0.25) is 5.10 Å². The van der Waals surface area contributed by atoms with E-state index in [-0.39, 0.29) is 5.56 Å². The maximum atomic E-state index is 13.5. The number of aromatic nitrogens is 2. The van der Waals surface area contributed by atoms with Gasteiger partial charge in [-0.1, -0.05) is 0 Å². The Morgan fingerprint density at radius 1 is 1.54 bits per heavy atom. The lowest BCUT2D eigenvalue weighted by Gasteiger charge is -1.94. The number of nitrogens with zero attached hydrogens (tertiary/aromatic N) is 2. The minimum absolute atomic E-state index is 0.0528. The van der Waals surface area contributed by atoms with Crippen LogP contribution in [0.1, 0.15) is 11.3 Å². The summed E-state index contributed by atoms with van der Waals surface area (Å²) >= 11 is 0. The van der Waals surface area contributed by atoms with Crippen molar-refractivity contribution in [3.63, 3.8) is 0 Å². The number of aromatic amines is 1. The van der Waals surface area contributed by atoms with Crippen LogP contribution in [0, 0.1) is 24.1 Å². The number of benzene rings is 1. The van der Waals surface area contributed by atoms with Crippen molar-refractivity contribution in [1.29, 1.82) is 5.26 Å². The van der Waals surface area contributed by atoms with Crippen molar-refractivity contribution in [3.8, 4) is 6.07 Å². The molecular formula is C9H6FN3. The van der Waals surface area contributed by atoms with Crippen LogP contribution in [-0.2, 0) is 0 Å². The lowest BCUT2D eigenvalue weighted by molar-refractivity contribution is 0.635. The van der Waals surface area contributed by atoms with Crippen LogP contribution >= 0.6 is 0 Å². The lowest BCUT2D eigenvalue weighted by atomic mass is 10.1. The summed E-state index contributed by atoms with van der Waals surface area (Å²) in [5.41, 5.74) is 1.25. The lowest BCUT2D eigenvalue weighted by Crippen LogP contribution is -1.85. The van der Waals surface area contributed by atoms with E-state index in [0.717, 1.165) is 0 Å². The van der Waals surface area contributed by atoms with Crippen LogP contribution < -0.4 is 0 Å². The van der Waals surface area contributed by atoms with Crippen LogP contribution in [0.5, 0.6) is 0 Å². The van der Waals surface area contributed by atoms with Crippen LogP contribution in [0.25, 0.3) is 10.9 Å². The summed E-state index contributed by atoms with van der Waals surface area (Å²) in [4.78, 5) is 0. The zero-order chi connectivity index (χ0) is 9.42. The second-order valence-electron chi connectivity index (χ2n) is 2.78. The average Bonchev–Trinajstić information content (AvgIpc) is 2.49. The van der Waals surface area contributed by atoms with Gasteiger partial charge >= 0.3 is 0 Å². The third-order valence-electron chi connectivity index (χ3n) is 1.96. The highest BCUT2D eigenvalue weighted by molar-refractivity contribution is 5.83. The topological polar surface area (TPSA) is 52.5 Å². The molecule has 0 saturated carbocycles. The molecule has 2 aromatic rings. The van der Waals surface area contributed by atoms with Gasteiger partial charge in [0.15, 0.2) is 5.82 Å². The van der Waals surface area contributed by atoms with E-state index < -0.39 is 5.82 Å². The molecule has 0 aliphatic carbocycles. The molecule has 1 heterocycles. The Hall–Kier alpha value is -1.89. The molecule has 0 radical (unpaired) electrons. The summed E-state index contributed by atoms with van der Waals surface area (Å²) in [7, 11) is 0. The number of halogens is 1. The van der Waals surface area contributed by atoms with Gasteiger partial charge in [-0.25, -0.2) is 4.39 Å². The minimum Gasteiger partial charge on any atom is -0.282 e. The van der Waals surface area contributed by atoms with Crippen LogP contribution in [0.3, 0.4) is 0 Å². The van der Waals surface area contributed by atoms with E-state index in [9.17, 15) is 4.39 Å². The molecule has 0 atom stereocenters. The Morgan fingerprint density at radius 3 is 3.00 bits per heavy atom. The van der Waals surface area contributed by atoms with E-state index in [1.807, 2.05) is 0 Å². The first kappa shape index (κ1) is 7.74. The van der Waals surface area contributed by atoms with E-state index in [2.05, 4.69) is 10.2 Å². The minimum atomic E-state index is -0.494. The maximum absolute atomic E-state index is 13.5. The Morgan fingerprint density at radius 2 is 2.31 bits per heavy atom. The molecule has 0 saturated heterocycles. The third kappa shape index (κ3) is 0.975. The van der Waals surface area contributed by atoms with Gasteiger partial charge in [0.25, 0.3) is 0 Å². The first-order valence-electron chi connectivity index (χ1n) is 3.77. The van der Waals surface area contributed by atoms with Crippen molar-refractivity contribution in [3.05, 3.63) is 29.2 Å². The quantitative estimate of drug-likeness (QED) is 0.664. The van der Waals surface area contributed by atoms with Gasteiger partial charge in [0.2, 0.25) is 0 Å². The highest BCUT2D eigenvalue weighted by Crippen LogP contribution is 2.21. The van der Waals surface area contributed by atoms with Crippen LogP contribution in [0.2, 0.25) is 0 Å². The fraction of sp³-hybridized carbons (Fsp3) is 0.111. The fourth-order valence-electron chi connectivity index (χ4n) is 1.30. The van der Waals surface area contributed by atoms with Gasteiger partial charge < -0.3 is 0 Å². The summed E-state index contributed by atoms with van der Waals surface area (Å²) in [6.45, 7) is 1.72. The standard InChI is InChI=1S/C9H6FN3/c1-5-8-7(13-12-5)3-2-6(4-11)9(8)10/h2-3H,1H3,(H,12,13). The molecule has 1 aromatic heterocycles. The molecule has 1 aromatic carbocycles. The van der Waals surface area contributed by atoms with Gasteiger partial charge in [0.1, 0.15) is 6.07 Å². The molecule has 64 valence electrons. The zero-order valence-corrected chi connectivity index (χ0v) is 6.93. The third-order valence-corrected chi connectivity index (χ3v) is 1.96. The summed E-state index contributed by atoms with van der Waals surface area (Å²) < 4.78 is 13.5. The first-order chi connectivity index (χ1) is 6.24. The largest absolute Gasteiger partial charge is 0.282 e. The van der Waals surface area contributed by atoms with Crippen LogP contribution in [-0.4, -0.2) is 10.2 Å². The van der Waals surface area contributed by atoms with Gasteiger partial charge in [-0.2, -0.15) is 10.4 Å². The fourth-order valence-corrected chi connectivity index (χ4v) is 1.30. The van der Waals surface area contributed by atoms with Crippen LogP contribution in [0.4, 0.5) is 4.39 Å². The van der Waals surface area contributed by atoms with Gasteiger partial charge in [-0.15, -0.1) is 0 Å². The summed E-state index contributed by atoms with van der Waals surface area (Å²) in [5.74, 6) is -0.494. The Balaban J connectivity index is 2.93. The Bertz CT molecular complexity index is 507. The summed E-state index contributed by atoms with van der Waals surface area (Å²) in [6, 6.07) is 4.84. The molecular weight excluding hydrogens is 169 g/mol. The molecule has 3 nitrogen and oxygen atoms in total. The van der Waals surface area contributed by atoms with Crippen molar-refractivity contribution in [2.75, 3.05) is 0 Å². The number of rotatable bonds is 0. The number of nitriles is 1. The second kappa shape index (κ2) is 2.56. The smallest absolute Gasteiger partial charge is 0.152 e. The molecule has 2 rings (SSSR count). The monoisotopic (exact) mass is 175 g/mol. The highest BCUT2D eigenvalue weighted by atomic mass is 19.1. The highest BCUT2D eigenvalue weighted by Gasteiger charge is 2.10.